The third-order valence-corrected chi connectivity index (χ3v) is 3.18. The van der Waals surface area contributed by atoms with Gasteiger partial charge in [0.25, 0.3) is 5.56 Å². The molecule has 3 aromatic rings. The Hall–Kier alpha value is -2.55. The Morgan fingerprint density at radius 1 is 0.842 bits per heavy atom. The average Bonchev–Trinajstić information content (AvgIpc) is 2.77. The van der Waals surface area contributed by atoms with Gasteiger partial charge >= 0.3 is 0 Å². The predicted octanol–water partition coefficient (Wildman–Crippen LogP) is 2.84. The quantitative estimate of drug-likeness (QED) is 0.687. The van der Waals surface area contributed by atoms with E-state index in [2.05, 4.69) is 0 Å². The SMILES string of the molecule is Cn1c(=O)cc(-c2ccccc2)n1-c1ccccc1. The summed E-state index contributed by atoms with van der Waals surface area (Å²) in [5.74, 6) is 0. The maximum Gasteiger partial charge on any atom is 0.267 e. The molecule has 1 aromatic heterocycles. The summed E-state index contributed by atoms with van der Waals surface area (Å²) in [7, 11) is 1.78. The van der Waals surface area contributed by atoms with Crippen LogP contribution in [-0.4, -0.2) is 9.36 Å². The molecule has 0 aliphatic rings. The van der Waals surface area contributed by atoms with E-state index in [0.29, 0.717) is 0 Å². The lowest BCUT2D eigenvalue weighted by Gasteiger charge is -2.12. The third kappa shape index (κ3) is 1.99. The molecule has 2 aromatic carbocycles. The van der Waals surface area contributed by atoms with Crippen LogP contribution in [0, 0.1) is 0 Å². The Morgan fingerprint density at radius 2 is 1.42 bits per heavy atom. The Morgan fingerprint density at radius 3 is 2.05 bits per heavy atom. The molecular weight excluding hydrogens is 236 g/mol. The highest BCUT2D eigenvalue weighted by molar-refractivity contribution is 5.61. The van der Waals surface area contributed by atoms with Crippen molar-refractivity contribution in [2.24, 2.45) is 7.05 Å². The molecule has 3 heteroatoms. The summed E-state index contributed by atoms with van der Waals surface area (Å²) < 4.78 is 3.55. The van der Waals surface area contributed by atoms with Crippen molar-refractivity contribution >= 4 is 0 Å². The van der Waals surface area contributed by atoms with Crippen LogP contribution in [0.3, 0.4) is 0 Å². The molecule has 0 unspecified atom stereocenters. The minimum absolute atomic E-state index is 0.0114. The van der Waals surface area contributed by atoms with E-state index in [0.717, 1.165) is 16.9 Å². The summed E-state index contributed by atoms with van der Waals surface area (Å²) in [5, 5.41) is 0. The second-order valence-corrected chi connectivity index (χ2v) is 4.40. The maximum absolute atomic E-state index is 11.9. The highest BCUT2D eigenvalue weighted by Crippen LogP contribution is 2.21. The fourth-order valence-corrected chi connectivity index (χ4v) is 2.23. The van der Waals surface area contributed by atoms with Gasteiger partial charge in [-0.1, -0.05) is 48.5 Å². The molecule has 3 nitrogen and oxygen atoms in total. The Kier molecular flexibility index (Phi) is 2.80. The van der Waals surface area contributed by atoms with Crippen molar-refractivity contribution < 1.29 is 0 Å². The summed E-state index contributed by atoms with van der Waals surface area (Å²) >= 11 is 0. The van der Waals surface area contributed by atoms with Crippen molar-refractivity contribution in [3.63, 3.8) is 0 Å². The van der Waals surface area contributed by atoms with Crippen LogP contribution in [0.1, 0.15) is 0 Å². The Balaban J connectivity index is 2.28. The predicted molar refractivity (Wildman–Crippen MR) is 76.4 cm³/mol. The zero-order valence-corrected chi connectivity index (χ0v) is 10.7. The van der Waals surface area contributed by atoms with Gasteiger partial charge in [-0.05, 0) is 12.1 Å². The first-order valence-electron chi connectivity index (χ1n) is 6.17. The number of benzene rings is 2. The number of aromatic nitrogens is 2. The normalized spacial score (nSPS) is 10.6. The molecule has 3 rings (SSSR count). The molecule has 94 valence electrons. The van der Waals surface area contributed by atoms with E-state index in [1.807, 2.05) is 65.3 Å². The largest absolute Gasteiger partial charge is 0.268 e. The number of hydrogen-bond acceptors (Lipinski definition) is 1. The molecular formula is C16H14N2O. The van der Waals surface area contributed by atoms with Gasteiger partial charge in [0.05, 0.1) is 11.4 Å². The Labute approximate surface area is 111 Å². The van der Waals surface area contributed by atoms with Crippen LogP contribution in [0.25, 0.3) is 16.9 Å². The molecule has 1 heterocycles. The molecule has 0 radical (unpaired) electrons. The lowest BCUT2D eigenvalue weighted by atomic mass is 10.1. The van der Waals surface area contributed by atoms with E-state index in [4.69, 9.17) is 0 Å². The van der Waals surface area contributed by atoms with Crippen LogP contribution >= 0.6 is 0 Å². The van der Waals surface area contributed by atoms with Crippen molar-refractivity contribution in [1.29, 1.82) is 0 Å². The monoisotopic (exact) mass is 250 g/mol. The van der Waals surface area contributed by atoms with Crippen LogP contribution in [0.2, 0.25) is 0 Å². The van der Waals surface area contributed by atoms with Gasteiger partial charge in [-0.3, -0.25) is 9.48 Å². The Bertz CT molecular complexity index is 739. The summed E-state index contributed by atoms with van der Waals surface area (Å²) in [6.07, 6.45) is 0. The molecule has 0 N–H and O–H groups in total. The van der Waals surface area contributed by atoms with Gasteiger partial charge in [-0.25, -0.2) is 4.68 Å². The van der Waals surface area contributed by atoms with Crippen molar-refractivity contribution in [3.8, 4) is 16.9 Å². The first-order chi connectivity index (χ1) is 9.27. The standard InChI is InChI=1S/C16H14N2O/c1-17-16(19)12-15(13-8-4-2-5-9-13)18(17)14-10-6-3-7-11-14/h2-12H,1H3. The van der Waals surface area contributed by atoms with E-state index >= 15 is 0 Å². The third-order valence-electron chi connectivity index (χ3n) is 3.18. The van der Waals surface area contributed by atoms with E-state index in [1.54, 1.807) is 17.8 Å². The summed E-state index contributed by atoms with van der Waals surface area (Å²) in [6, 6.07) is 21.5. The lowest BCUT2D eigenvalue weighted by Crippen LogP contribution is -2.17. The topological polar surface area (TPSA) is 26.9 Å². The summed E-state index contributed by atoms with van der Waals surface area (Å²) in [5.41, 5.74) is 2.90. The molecule has 0 aliphatic carbocycles. The minimum Gasteiger partial charge on any atom is -0.268 e. The molecule has 19 heavy (non-hydrogen) atoms. The molecule has 0 fully saturated rings. The molecule has 0 bridgehead atoms. The van der Waals surface area contributed by atoms with Crippen molar-refractivity contribution in [1.82, 2.24) is 9.36 Å². The zero-order chi connectivity index (χ0) is 13.2. The van der Waals surface area contributed by atoms with Gasteiger partial charge in [0.2, 0.25) is 0 Å². The maximum atomic E-state index is 11.9. The second-order valence-electron chi connectivity index (χ2n) is 4.40. The van der Waals surface area contributed by atoms with Crippen LogP contribution < -0.4 is 5.56 Å². The minimum atomic E-state index is -0.0114. The lowest BCUT2D eigenvalue weighted by molar-refractivity contribution is 0.645. The van der Waals surface area contributed by atoms with Gasteiger partial charge in [0, 0.05) is 18.7 Å². The van der Waals surface area contributed by atoms with Gasteiger partial charge < -0.3 is 0 Å². The summed E-state index contributed by atoms with van der Waals surface area (Å²) in [4.78, 5) is 11.9. The number of nitrogens with zero attached hydrogens (tertiary/aromatic N) is 2. The number of para-hydroxylation sites is 1. The van der Waals surface area contributed by atoms with Crippen LogP contribution in [0.15, 0.2) is 71.5 Å². The summed E-state index contributed by atoms with van der Waals surface area (Å²) in [6.45, 7) is 0. The molecule has 0 aliphatic heterocycles. The van der Waals surface area contributed by atoms with Gasteiger partial charge in [0.1, 0.15) is 0 Å². The van der Waals surface area contributed by atoms with E-state index in [1.165, 1.54) is 0 Å². The van der Waals surface area contributed by atoms with Crippen molar-refractivity contribution in [2.75, 3.05) is 0 Å². The number of hydrogen-bond donors (Lipinski definition) is 0. The molecule has 0 atom stereocenters. The average molecular weight is 250 g/mol. The molecule has 0 saturated heterocycles. The second kappa shape index (κ2) is 4.61. The van der Waals surface area contributed by atoms with Crippen molar-refractivity contribution in [3.05, 3.63) is 77.1 Å². The fourth-order valence-electron chi connectivity index (χ4n) is 2.23. The van der Waals surface area contributed by atoms with Crippen LogP contribution in [-0.2, 0) is 7.05 Å². The van der Waals surface area contributed by atoms with E-state index in [9.17, 15) is 4.79 Å². The fraction of sp³-hybridized carbons (Fsp3) is 0.0625. The first kappa shape index (κ1) is 11.5. The molecule has 0 spiro atoms. The molecule has 0 amide bonds. The van der Waals surface area contributed by atoms with Crippen molar-refractivity contribution in [2.45, 2.75) is 0 Å². The first-order valence-corrected chi connectivity index (χ1v) is 6.17. The van der Waals surface area contributed by atoms with Gasteiger partial charge in [-0.2, -0.15) is 0 Å². The highest BCUT2D eigenvalue weighted by atomic mass is 16.1. The van der Waals surface area contributed by atoms with E-state index in [-0.39, 0.29) is 5.56 Å². The smallest absolute Gasteiger partial charge is 0.267 e. The van der Waals surface area contributed by atoms with E-state index < -0.39 is 0 Å². The van der Waals surface area contributed by atoms with Crippen LogP contribution in [0.4, 0.5) is 0 Å². The van der Waals surface area contributed by atoms with Crippen LogP contribution in [0.5, 0.6) is 0 Å². The van der Waals surface area contributed by atoms with Gasteiger partial charge in [-0.15, -0.1) is 0 Å². The molecule has 0 saturated carbocycles. The van der Waals surface area contributed by atoms with Gasteiger partial charge in [0.15, 0.2) is 0 Å². The highest BCUT2D eigenvalue weighted by Gasteiger charge is 2.11. The number of rotatable bonds is 2. The zero-order valence-electron chi connectivity index (χ0n) is 10.7.